The zero-order chi connectivity index (χ0) is 23.1. The monoisotopic (exact) mass is 422 g/mol. The molecule has 8 nitrogen and oxygen atoms in total. The molecule has 0 fully saturated rings. The number of ether oxygens (including phenoxy) is 1. The molecule has 0 aliphatic rings. The summed E-state index contributed by atoms with van der Waals surface area (Å²) in [5.41, 5.74) is 0.225. The molecule has 1 aromatic rings. The number of hydrogen-bond donors (Lipinski definition) is 2. The Labute approximate surface area is 178 Å². The first-order chi connectivity index (χ1) is 14.0. The molecule has 0 bridgehead atoms. The van der Waals surface area contributed by atoms with Crippen LogP contribution in [-0.4, -0.2) is 69.3 Å². The topological polar surface area (TPSA) is 107 Å². The van der Waals surface area contributed by atoms with Gasteiger partial charge in [0.2, 0.25) is 5.91 Å². The van der Waals surface area contributed by atoms with Crippen LogP contribution in [0.3, 0.4) is 0 Å². The highest BCUT2D eigenvalue weighted by molar-refractivity contribution is 5.99. The number of hydrogen-bond acceptors (Lipinski definition) is 5. The molecule has 2 N–H and O–H groups in total. The van der Waals surface area contributed by atoms with Gasteiger partial charge in [-0.3, -0.25) is 4.79 Å². The molecule has 0 saturated heterocycles. The zero-order valence-corrected chi connectivity index (χ0v) is 18.7. The quantitative estimate of drug-likeness (QED) is 0.600. The first-order valence-electron chi connectivity index (χ1n) is 10.1. The second kappa shape index (κ2) is 11.1. The van der Waals surface area contributed by atoms with Crippen LogP contribution in [0, 0.1) is 0 Å². The highest BCUT2D eigenvalue weighted by Gasteiger charge is 2.43. The summed E-state index contributed by atoms with van der Waals surface area (Å²) in [6.45, 7) is 9.42. The lowest BCUT2D eigenvalue weighted by molar-refractivity contribution is -0.153. The van der Waals surface area contributed by atoms with Crippen LogP contribution in [0.25, 0.3) is 0 Å². The fourth-order valence-corrected chi connectivity index (χ4v) is 3.29. The number of imide groups is 1. The van der Waals surface area contributed by atoms with Crippen molar-refractivity contribution >= 4 is 17.9 Å². The van der Waals surface area contributed by atoms with Crippen LogP contribution in [0.5, 0.6) is 0 Å². The molecule has 0 radical (unpaired) electrons. The standard InChI is InChI=1S/C22H34N2O6/c1-7-17-10-8-9-11-18(17)19(30-13-12-25)14-23(15(2)3)21(29)24(16(4)26)22(5,6)20(27)28/h8-11,15,19,25H,7,12-14H2,1-6H3,(H,27,28). The van der Waals surface area contributed by atoms with E-state index in [2.05, 4.69) is 0 Å². The van der Waals surface area contributed by atoms with Crippen LogP contribution in [0.2, 0.25) is 0 Å². The van der Waals surface area contributed by atoms with Crippen molar-refractivity contribution in [2.24, 2.45) is 0 Å². The van der Waals surface area contributed by atoms with Gasteiger partial charge in [0.15, 0.2) is 0 Å². The van der Waals surface area contributed by atoms with Crippen LogP contribution < -0.4 is 0 Å². The molecule has 1 unspecified atom stereocenters. The number of aliphatic hydroxyl groups is 1. The molecule has 0 heterocycles. The van der Waals surface area contributed by atoms with Crippen molar-refractivity contribution < 1.29 is 29.3 Å². The van der Waals surface area contributed by atoms with Crippen LogP contribution in [0.15, 0.2) is 24.3 Å². The fraction of sp³-hybridized carbons (Fsp3) is 0.591. The minimum absolute atomic E-state index is 0.0832. The summed E-state index contributed by atoms with van der Waals surface area (Å²) >= 11 is 0. The van der Waals surface area contributed by atoms with Crippen LogP contribution in [-0.2, 0) is 20.7 Å². The Morgan fingerprint density at radius 2 is 1.77 bits per heavy atom. The lowest BCUT2D eigenvalue weighted by atomic mass is 9.99. The molecule has 1 aromatic carbocycles. The van der Waals surface area contributed by atoms with Crippen LogP contribution in [0.1, 0.15) is 58.8 Å². The smallest absolute Gasteiger partial charge is 0.329 e. The Kier molecular flexibility index (Phi) is 9.45. The lowest BCUT2D eigenvalue weighted by Gasteiger charge is -2.39. The van der Waals surface area contributed by atoms with Gasteiger partial charge in [-0.15, -0.1) is 0 Å². The number of carboxylic acids is 1. The van der Waals surface area contributed by atoms with Gasteiger partial charge in [0.1, 0.15) is 11.6 Å². The Balaban J connectivity index is 3.35. The maximum Gasteiger partial charge on any atom is 0.329 e. The predicted octanol–water partition coefficient (Wildman–Crippen LogP) is 2.84. The third kappa shape index (κ3) is 6.03. The number of amides is 3. The normalized spacial score (nSPS) is 12.5. The van der Waals surface area contributed by atoms with Gasteiger partial charge < -0.3 is 19.8 Å². The first kappa shape index (κ1) is 25.6. The second-order valence-electron chi connectivity index (χ2n) is 7.88. The van der Waals surface area contributed by atoms with E-state index in [1.165, 1.54) is 25.7 Å². The molecule has 1 rings (SSSR count). The minimum Gasteiger partial charge on any atom is -0.480 e. The van der Waals surface area contributed by atoms with E-state index in [-0.39, 0.29) is 25.8 Å². The maximum atomic E-state index is 13.3. The molecular formula is C22H34N2O6. The molecule has 0 aliphatic carbocycles. The summed E-state index contributed by atoms with van der Waals surface area (Å²) in [5.74, 6) is -1.93. The van der Waals surface area contributed by atoms with Crippen molar-refractivity contribution in [3.8, 4) is 0 Å². The van der Waals surface area contributed by atoms with E-state index in [4.69, 9.17) is 4.74 Å². The predicted molar refractivity (Wildman–Crippen MR) is 113 cm³/mol. The van der Waals surface area contributed by atoms with Crippen molar-refractivity contribution in [1.29, 1.82) is 0 Å². The number of benzene rings is 1. The largest absolute Gasteiger partial charge is 0.480 e. The molecule has 8 heteroatoms. The number of carboxylic acid groups (broad SMARTS) is 1. The van der Waals surface area contributed by atoms with E-state index in [1.807, 2.05) is 31.2 Å². The zero-order valence-electron chi connectivity index (χ0n) is 18.7. The van der Waals surface area contributed by atoms with Crippen molar-refractivity contribution in [1.82, 2.24) is 9.80 Å². The van der Waals surface area contributed by atoms with E-state index < -0.39 is 29.6 Å². The highest BCUT2D eigenvalue weighted by Crippen LogP contribution is 2.26. The summed E-state index contributed by atoms with van der Waals surface area (Å²) in [5, 5.41) is 18.8. The van der Waals surface area contributed by atoms with Gasteiger partial charge in [-0.05, 0) is 45.2 Å². The van der Waals surface area contributed by atoms with Gasteiger partial charge in [0.05, 0.1) is 19.8 Å². The third-order valence-corrected chi connectivity index (χ3v) is 5.01. The van der Waals surface area contributed by atoms with Gasteiger partial charge in [-0.25, -0.2) is 14.5 Å². The molecule has 0 spiro atoms. The van der Waals surface area contributed by atoms with Crippen molar-refractivity contribution in [2.75, 3.05) is 19.8 Å². The lowest BCUT2D eigenvalue weighted by Crippen LogP contribution is -2.60. The SMILES string of the molecule is CCc1ccccc1C(CN(C(=O)N(C(C)=O)C(C)(C)C(=O)O)C(C)C)OCCO. The number of rotatable bonds is 10. The summed E-state index contributed by atoms with van der Waals surface area (Å²) in [7, 11) is 0. The molecule has 30 heavy (non-hydrogen) atoms. The number of aliphatic carboxylic acids is 1. The molecular weight excluding hydrogens is 388 g/mol. The number of carbonyl (C=O) groups is 3. The minimum atomic E-state index is -1.71. The van der Waals surface area contributed by atoms with Crippen LogP contribution in [0.4, 0.5) is 4.79 Å². The number of urea groups is 1. The third-order valence-electron chi connectivity index (χ3n) is 5.01. The van der Waals surface area contributed by atoms with E-state index in [9.17, 15) is 24.6 Å². The number of aliphatic hydroxyl groups excluding tert-OH is 1. The Bertz CT molecular complexity index is 747. The molecule has 3 amide bonds. The van der Waals surface area contributed by atoms with Crippen molar-refractivity contribution in [2.45, 2.75) is 65.6 Å². The van der Waals surface area contributed by atoms with Gasteiger partial charge in [-0.1, -0.05) is 31.2 Å². The Morgan fingerprint density at radius 3 is 2.23 bits per heavy atom. The number of aryl methyl sites for hydroxylation is 1. The number of nitrogens with zero attached hydrogens (tertiary/aromatic N) is 2. The highest BCUT2D eigenvalue weighted by atomic mass is 16.5. The van der Waals surface area contributed by atoms with E-state index in [0.717, 1.165) is 22.4 Å². The second-order valence-corrected chi connectivity index (χ2v) is 7.88. The van der Waals surface area contributed by atoms with Gasteiger partial charge in [-0.2, -0.15) is 0 Å². The Morgan fingerprint density at radius 1 is 1.17 bits per heavy atom. The average molecular weight is 423 g/mol. The molecule has 0 aliphatic heterocycles. The number of carbonyl (C=O) groups excluding carboxylic acids is 2. The Hall–Kier alpha value is -2.45. The maximum absolute atomic E-state index is 13.3. The fourth-order valence-electron chi connectivity index (χ4n) is 3.29. The molecule has 0 saturated carbocycles. The molecule has 168 valence electrons. The summed E-state index contributed by atoms with van der Waals surface area (Å²) in [4.78, 5) is 39.5. The van der Waals surface area contributed by atoms with E-state index in [1.54, 1.807) is 13.8 Å². The average Bonchev–Trinajstić information content (AvgIpc) is 2.67. The van der Waals surface area contributed by atoms with Gasteiger partial charge >= 0.3 is 12.0 Å². The van der Waals surface area contributed by atoms with Crippen molar-refractivity contribution in [3.05, 3.63) is 35.4 Å². The van der Waals surface area contributed by atoms with Crippen LogP contribution >= 0.6 is 0 Å². The van der Waals surface area contributed by atoms with Gasteiger partial charge in [0, 0.05) is 13.0 Å². The van der Waals surface area contributed by atoms with Gasteiger partial charge in [0.25, 0.3) is 0 Å². The van der Waals surface area contributed by atoms with E-state index >= 15 is 0 Å². The summed E-state index contributed by atoms with van der Waals surface area (Å²) in [6.07, 6.45) is 0.220. The summed E-state index contributed by atoms with van der Waals surface area (Å²) in [6, 6.07) is 6.66. The first-order valence-corrected chi connectivity index (χ1v) is 10.1. The van der Waals surface area contributed by atoms with E-state index in [0.29, 0.717) is 0 Å². The molecule has 1 atom stereocenters. The molecule has 0 aromatic heterocycles. The van der Waals surface area contributed by atoms with Crippen molar-refractivity contribution in [3.63, 3.8) is 0 Å². The summed E-state index contributed by atoms with van der Waals surface area (Å²) < 4.78 is 5.86.